The van der Waals surface area contributed by atoms with Gasteiger partial charge in [0.1, 0.15) is 5.75 Å². The highest BCUT2D eigenvalue weighted by molar-refractivity contribution is 7.92. The van der Waals surface area contributed by atoms with Crippen molar-refractivity contribution in [2.24, 2.45) is 5.92 Å². The van der Waals surface area contributed by atoms with Gasteiger partial charge in [0.2, 0.25) is 5.91 Å². The molecule has 0 spiro atoms. The number of hydrogen-bond acceptors (Lipinski definition) is 7. The first-order valence-electron chi connectivity index (χ1n) is 16.2. The van der Waals surface area contributed by atoms with Crippen molar-refractivity contribution in [3.63, 3.8) is 0 Å². The second-order valence-electron chi connectivity index (χ2n) is 12.4. The van der Waals surface area contributed by atoms with Crippen molar-refractivity contribution in [1.29, 1.82) is 0 Å². The van der Waals surface area contributed by atoms with Gasteiger partial charge in [-0.25, -0.2) is 8.42 Å². The fourth-order valence-electron chi connectivity index (χ4n) is 5.54. The molecule has 1 heterocycles. The Kier molecular flexibility index (Phi) is 12.8. The normalized spacial score (nSPS) is 20.3. The molecule has 0 aromatic heterocycles. The number of sulfonamides is 1. The average Bonchev–Trinajstić information content (AvgIpc) is 3.06. The van der Waals surface area contributed by atoms with Crippen LogP contribution >= 0.6 is 0 Å². The smallest absolute Gasteiger partial charge is 0.261 e. The number of fused-ring (bicyclic) bond motifs is 1. The van der Waals surface area contributed by atoms with Gasteiger partial charge in [-0.1, -0.05) is 55.5 Å². The monoisotopic (exact) mass is 665 g/mol. The number of nitrogens with one attached hydrogen (secondary N) is 1. The van der Waals surface area contributed by atoms with Gasteiger partial charge < -0.3 is 24.4 Å². The number of ether oxygens (including phenoxy) is 2. The SMILES string of the molecule is C[C@@H]1CN([C@@H](C)CO)C(=O)c2cc(NS(=O)(=O)c3ccccc3)ccc2O[C@@H](C)CCCCO[C@@H]1CN(C)C(=O)Cc1ccccc1. The van der Waals surface area contributed by atoms with Crippen LogP contribution in [0.2, 0.25) is 0 Å². The van der Waals surface area contributed by atoms with Crippen molar-refractivity contribution in [2.45, 2.75) is 69.6 Å². The van der Waals surface area contributed by atoms with Gasteiger partial charge in [-0.05, 0) is 69.0 Å². The molecular formula is C36H47N3O7S. The van der Waals surface area contributed by atoms with E-state index in [-0.39, 0.29) is 59.8 Å². The largest absolute Gasteiger partial charge is 0.490 e. The quantitative estimate of drug-likeness (QED) is 0.330. The molecule has 4 rings (SSSR count). The summed E-state index contributed by atoms with van der Waals surface area (Å²) < 4.78 is 41.4. The Morgan fingerprint density at radius 2 is 1.72 bits per heavy atom. The molecule has 3 aromatic rings. The zero-order valence-corrected chi connectivity index (χ0v) is 28.5. The molecule has 0 fully saturated rings. The van der Waals surface area contributed by atoms with Crippen molar-refractivity contribution in [1.82, 2.24) is 9.80 Å². The first kappa shape index (κ1) is 35.9. The van der Waals surface area contributed by atoms with Crippen LogP contribution in [-0.2, 0) is 26.0 Å². The second-order valence-corrected chi connectivity index (χ2v) is 14.0. The fraction of sp³-hybridized carbons (Fsp3) is 0.444. The van der Waals surface area contributed by atoms with Crippen molar-refractivity contribution < 1.29 is 32.6 Å². The summed E-state index contributed by atoms with van der Waals surface area (Å²) in [6.45, 7) is 6.43. The van der Waals surface area contributed by atoms with Crippen molar-refractivity contribution in [3.8, 4) is 5.75 Å². The summed E-state index contributed by atoms with van der Waals surface area (Å²) in [5.41, 5.74) is 1.32. The summed E-state index contributed by atoms with van der Waals surface area (Å²) in [7, 11) is -2.15. The number of likely N-dealkylation sites (N-methyl/N-ethyl adjacent to an activating group) is 1. The van der Waals surface area contributed by atoms with Crippen LogP contribution in [0.3, 0.4) is 0 Å². The maximum Gasteiger partial charge on any atom is 0.261 e. The van der Waals surface area contributed by atoms with Crippen LogP contribution in [0.5, 0.6) is 5.75 Å². The molecule has 0 unspecified atom stereocenters. The Morgan fingerprint density at radius 1 is 1.04 bits per heavy atom. The third-order valence-electron chi connectivity index (χ3n) is 8.43. The molecule has 10 nitrogen and oxygen atoms in total. The lowest BCUT2D eigenvalue weighted by molar-refractivity contribution is -0.131. The third-order valence-corrected chi connectivity index (χ3v) is 9.83. The molecule has 47 heavy (non-hydrogen) atoms. The minimum Gasteiger partial charge on any atom is -0.490 e. The van der Waals surface area contributed by atoms with Gasteiger partial charge in [0.15, 0.2) is 0 Å². The molecule has 0 aliphatic carbocycles. The molecule has 2 amide bonds. The number of rotatable bonds is 9. The van der Waals surface area contributed by atoms with Crippen LogP contribution < -0.4 is 9.46 Å². The highest BCUT2D eigenvalue weighted by Crippen LogP contribution is 2.29. The molecule has 2 N–H and O–H groups in total. The molecular weight excluding hydrogens is 618 g/mol. The minimum absolute atomic E-state index is 0.0338. The van der Waals surface area contributed by atoms with Crippen molar-refractivity contribution in [3.05, 3.63) is 90.0 Å². The van der Waals surface area contributed by atoms with E-state index in [1.165, 1.54) is 18.2 Å². The summed E-state index contributed by atoms with van der Waals surface area (Å²) in [5.74, 6) is -0.325. The van der Waals surface area contributed by atoms with E-state index in [4.69, 9.17) is 9.47 Å². The van der Waals surface area contributed by atoms with Crippen molar-refractivity contribution >= 4 is 27.5 Å². The lowest BCUT2D eigenvalue weighted by Crippen LogP contribution is -2.48. The number of anilines is 1. The van der Waals surface area contributed by atoms with E-state index in [9.17, 15) is 23.1 Å². The second kappa shape index (κ2) is 16.8. The number of amides is 2. The molecule has 0 saturated heterocycles. The number of aliphatic hydroxyl groups excluding tert-OH is 1. The highest BCUT2D eigenvalue weighted by atomic mass is 32.2. The van der Waals surface area contributed by atoms with Crippen LogP contribution in [0.25, 0.3) is 0 Å². The van der Waals surface area contributed by atoms with Crippen molar-refractivity contribution in [2.75, 3.05) is 38.1 Å². The number of aliphatic hydroxyl groups is 1. The Labute approximate surface area is 278 Å². The van der Waals surface area contributed by atoms with Gasteiger partial charge in [-0.2, -0.15) is 0 Å². The summed E-state index contributed by atoms with van der Waals surface area (Å²) in [4.78, 5) is 30.8. The molecule has 11 heteroatoms. The molecule has 0 saturated carbocycles. The molecule has 254 valence electrons. The van der Waals surface area contributed by atoms with E-state index in [0.29, 0.717) is 25.3 Å². The predicted octanol–water partition coefficient (Wildman–Crippen LogP) is 4.98. The van der Waals surface area contributed by atoms with Gasteiger partial charge in [0.25, 0.3) is 15.9 Å². The van der Waals surface area contributed by atoms with Gasteiger partial charge in [0.05, 0.1) is 41.7 Å². The number of carbonyl (C=O) groups excluding carboxylic acids is 2. The van der Waals surface area contributed by atoms with Crippen LogP contribution in [0.4, 0.5) is 5.69 Å². The van der Waals surface area contributed by atoms with E-state index in [2.05, 4.69) is 4.72 Å². The lowest BCUT2D eigenvalue weighted by atomic mass is 10.0. The topological polar surface area (TPSA) is 125 Å². The molecule has 1 aliphatic rings. The van der Waals surface area contributed by atoms with Gasteiger partial charge in [-0.3, -0.25) is 14.3 Å². The third kappa shape index (κ3) is 10.0. The lowest BCUT2D eigenvalue weighted by Gasteiger charge is -2.36. The van der Waals surface area contributed by atoms with Gasteiger partial charge in [0, 0.05) is 38.3 Å². The Bertz CT molecular complexity index is 1570. The standard InChI is InChI=1S/C36H47N3O7S/c1-26-23-39(27(2)25-40)36(42)32-22-30(37-47(43,44)31-16-9-6-10-17-31)18-19-33(32)46-28(3)13-11-12-20-45-34(26)24-38(4)35(41)21-29-14-7-5-8-15-29/h5-10,14-19,22,26-28,34,37,40H,11-13,20-21,23-25H2,1-4H3/t26-,27+,28+,34-/m1/s1. The number of benzene rings is 3. The molecule has 0 bridgehead atoms. The Hall–Kier alpha value is -3.93. The van der Waals surface area contributed by atoms with Crippen LogP contribution in [0, 0.1) is 5.92 Å². The molecule has 3 aromatic carbocycles. The van der Waals surface area contributed by atoms with E-state index in [1.54, 1.807) is 54.1 Å². The summed E-state index contributed by atoms with van der Waals surface area (Å²) >= 11 is 0. The van der Waals surface area contributed by atoms with Crippen LogP contribution in [0.1, 0.15) is 56.0 Å². The Morgan fingerprint density at radius 3 is 2.40 bits per heavy atom. The molecule has 4 atom stereocenters. The van der Waals surface area contributed by atoms with Crippen LogP contribution in [-0.4, -0.2) is 86.7 Å². The highest BCUT2D eigenvalue weighted by Gasteiger charge is 2.31. The zero-order valence-electron chi connectivity index (χ0n) is 27.7. The maximum absolute atomic E-state index is 14.3. The first-order valence-corrected chi connectivity index (χ1v) is 17.7. The van der Waals surface area contributed by atoms with Crippen LogP contribution in [0.15, 0.2) is 83.8 Å². The Balaban J connectivity index is 1.63. The van der Waals surface area contributed by atoms with Gasteiger partial charge >= 0.3 is 0 Å². The van der Waals surface area contributed by atoms with E-state index >= 15 is 0 Å². The molecule has 0 radical (unpaired) electrons. The van der Waals surface area contributed by atoms with Gasteiger partial charge in [-0.15, -0.1) is 0 Å². The summed E-state index contributed by atoms with van der Waals surface area (Å²) in [5, 5.41) is 10.2. The summed E-state index contributed by atoms with van der Waals surface area (Å²) in [6.07, 6.45) is 2.01. The average molecular weight is 666 g/mol. The number of nitrogens with zero attached hydrogens (tertiary/aromatic N) is 2. The fourth-order valence-corrected chi connectivity index (χ4v) is 6.61. The summed E-state index contributed by atoms with van der Waals surface area (Å²) in [6, 6.07) is 21.7. The van der Waals surface area contributed by atoms with E-state index < -0.39 is 22.0 Å². The van der Waals surface area contributed by atoms with E-state index in [0.717, 1.165) is 18.4 Å². The minimum atomic E-state index is -3.91. The number of carbonyl (C=O) groups is 2. The number of hydrogen-bond donors (Lipinski definition) is 2. The predicted molar refractivity (Wildman–Crippen MR) is 182 cm³/mol. The van der Waals surface area contributed by atoms with E-state index in [1.807, 2.05) is 44.2 Å². The maximum atomic E-state index is 14.3. The molecule has 1 aliphatic heterocycles. The first-order chi connectivity index (χ1) is 22.5. The zero-order chi connectivity index (χ0) is 34.0.